The van der Waals surface area contributed by atoms with Gasteiger partial charge in [0.2, 0.25) is 0 Å². The van der Waals surface area contributed by atoms with Crippen molar-refractivity contribution in [3.63, 3.8) is 0 Å². The van der Waals surface area contributed by atoms with Crippen molar-refractivity contribution in [2.24, 2.45) is 0 Å². The van der Waals surface area contributed by atoms with Crippen molar-refractivity contribution in [1.29, 1.82) is 0 Å². The largest absolute Gasteiger partial charge is 0.496 e. The van der Waals surface area contributed by atoms with Crippen LogP contribution in [0, 0.1) is 0 Å². The molecule has 0 aliphatic carbocycles. The van der Waals surface area contributed by atoms with Crippen molar-refractivity contribution >= 4 is 0 Å². The summed E-state index contributed by atoms with van der Waals surface area (Å²) in [6, 6.07) is 3.32. The van der Waals surface area contributed by atoms with E-state index < -0.39 is 6.10 Å². The van der Waals surface area contributed by atoms with Gasteiger partial charge in [-0.1, -0.05) is 0 Å². The first-order chi connectivity index (χ1) is 9.71. The molecule has 0 amide bonds. The fraction of sp³-hybridized carbons (Fsp3) is 0.286. The first-order valence-electron chi connectivity index (χ1n) is 5.95. The average molecular weight is 276 g/mol. The molecule has 2 aromatic rings. The van der Waals surface area contributed by atoms with Gasteiger partial charge in [0.15, 0.2) is 11.5 Å². The number of aromatic nitrogens is 2. The summed E-state index contributed by atoms with van der Waals surface area (Å²) in [5.41, 5.74) is 0.962. The van der Waals surface area contributed by atoms with E-state index in [1.54, 1.807) is 18.3 Å². The molecule has 0 saturated heterocycles. The van der Waals surface area contributed by atoms with E-state index in [0.29, 0.717) is 28.5 Å². The number of aliphatic hydroxyl groups excluding tert-OH is 1. The van der Waals surface area contributed by atoms with Gasteiger partial charge in [-0.2, -0.15) is 0 Å². The summed E-state index contributed by atoms with van der Waals surface area (Å²) >= 11 is 0. The molecule has 1 aromatic heterocycles. The van der Waals surface area contributed by atoms with Crippen LogP contribution in [-0.4, -0.2) is 36.4 Å². The van der Waals surface area contributed by atoms with Crippen molar-refractivity contribution < 1.29 is 19.3 Å². The van der Waals surface area contributed by atoms with E-state index in [9.17, 15) is 5.11 Å². The molecule has 1 N–H and O–H groups in total. The van der Waals surface area contributed by atoms with Crippen LogP contribution in [-0.2, 0) is 0 Å². The predicted molar refractivity (Wildman–Crippen MR) is 72.2 cm³/mol. The number of benzene rings is 1. The normalized spacial score (nSPS) is 11.8. The Labute approximate surface area is 117 Å². The molecule has 20 heavy (non-hydrogen) atoms. The SMILES string of the molecule is COc1cc(OC)c(C(O)c2cnccn2)cc1OC. The molecule has 1 atom stereocenters. The Bertz CT molecular complexity index is 575. The summed E-state index contributed by atoms with van der Waals surface area (Å²) < 4.78 is 15.7. The third-order valence-corrected chi connectivity index (χ3v) is 2.89. The molecule has 0 radical (unpaired) electrons. The van der Waals surface area contributed by atoms with Crippen molar-refractivity contribution in [2.75, 3.05) is 21.3 Å². The van der Waals surface area contributed by atoms with E-state index in [0.717, 1.165) is 0 Å². The molecule has 1 heterocycles. The van der Waals surface area contributed by atoms with Crippen molar-refractivity contribution in [3.05, 3.63) is 42.0 Å². The summed E-state index contributed by atoms with van der Waals surface area (Å²) in [6.07, 6.45) is 3.60. The van der Waals surface area contributed by atoms with E-state index in [4.69, 9.17) is 14.2 Å². The van der Waals surface area contributed by atoms with E-state index in [2.05, 4.69) is 9.97 Å². The first-order valence-corrected chi connectivity index (χ1v) is 5.95. The van der Waals surface area contributed by atoms with Crippen LogP contribution in [0.25, 0.3) is 0 Å². The quantitative estimate of drug-likeness (QED) is 0.894. The maximum atomic E-state index is 10.4. The minimum Gasteiger partial charge on any atom is -0.496 e. The highest BCUT2D eigenvalue weighted by Crippen LogP contribution is 2.38. The Morgan fingerprint density at radius 3 is 2.15 bits per heavy atom. The standard InChI is InChI=1S/C14H16N2O4/c1-18-11-7-13(20-3)12(19-2)6-9(11)14(17)10-8-15-4-5-16-10/h4-8,14,17H,1-3H3. The van der Waals surface area contributed by atoms with Crippen LogP contribution in [0.1, 0.15) is 17.4 Å². The van der Waals surface area contributed by atoms with Gasteiger partial charge in [0, 0.05) is 24.0 Å². The first kappa shape index (κ1) is 14.1. The number of hydrogen-bond donors (Lipinski definition) is 1. The molecule has 106 valence electrons. The van der Waals surface area contributed by atoms with Crippen molar-refractivity contribution in [3.8, 4) is 17.2 Å². The molecule has 0 fully saturated rings. The Morgan fingerprint density at radius 1 is 0.950 bits per heavy atom. The third kappa shape index (κ3) is 2.65. The number of nitrogens with zero attached hydrogens (tertiary/aromatic N) is 2. The highest BCUT2D eigenvalue weighted by molar-refractivity contribution is 5.52. The number of ether oxygens (including phenoxy) is 3. The lowest BCUT2D eigenvalue weighted by atomic mass is 10.0. The zero-order valence-electron chi connectivity index (χ0n) is 11.5. The van der Waals surface area contributed by atoms with Gasteiger partial charge in [-0.05, 0) is 6.07 Å². The van der Waals surface area contributed by atoms with E-state index >= 15 is 0 Å². The van der Waals surface area contributed by atoms with Gasteiger partial charge in [0.1, 0.15) is 11.9 Å². The minimum atomic E-state index is -0.960. The molecule has 2 rings (SSSR count). The molecular formula is C14H16N2O4. The van der Waals surface area contributed by atoms with Crippen LogP contribution in [0.5, 0.6) is 17.2 Å². The smallest absolute Gasteiger partial charge is 0.164 e. The second-order valence-corrected chi connectivity index (χ2v) is 3.98. The molecule has 6 heteroatoms. The summed E-state index contributed by atoms with van der Waals surface area (Å²) in [6.45, 7) is 0. The molecule has 0 aliphatic rings. The van der Waals surface area contributed by atoms with E-state index in [-0.39, 0.29) is 0 Å². The van der Waals surface area contributed by atoms with Gasteiger partial charge >= 0.3 is 0 Å². The lowest BCUT2D eigenvalue weighted by molar-refractivity contribution is 0.208. The lowest BCUT2D eigenvalue weighted by Gasteiger charge is -2.17. The molecule has 1 aromatic carbocycles. The summed E-state index contributed by atoms with van der Waals surface area (Å²) in [4.78, 5) is 8.03. The molecule has 0 bridgehead atoms. The fourth-order valence-electron chi connectivity index (χ4n) is 1.88. The summed E-state index contributed by atoms with van der Waals surface area (Å²) in [5, 5.41) is 10.4. The number of rotatable bonds is 5. The topological polar surface area (TPSA) is 73.7 Å². The molecule has 1 unspecified atom stereocenters. The molecular weight excluding hydrogens is 260 g/mol. The van der Waals surface area contributed by atoms with Crippen LogP contribution < -0.4 is 14.2 Å². The summed E-state index contributed by atoms with van der Waals surface area (Å²) in [5.74, 6) is 1.52. The van der Waals surface area contributed by atoms with E-state index in [1.807, 2.05) is 0 Å². The third-order valence-electron chi connectivity index (χ3n) is 2.89. The fourth-order valence-corrected chi connectivity index (χ4v) is 1.88. The van der Waals surface area contributed by atoms with Gasteiger partial charge in [-0.3, -0.25) is 9.97 Å². The van der Waals surface area contributed by atoms with Crippen LogP contribution in [0.3, 0.4) is 0 Å². The zero-order valence-corrected chi connectivity index (χ0v) is 11.5. The summed E-state index contributed by atoms with van der Waals surface area (Å²) in [7, 11) is 4.59. The van der Waals surface area contributed by atoms with Crippen LogP contribution in [0.2, 0.25) is 0 Å². The predicted octanol–water partition coefficient (Wildman–Crippen LogP) is 1.58. The second-order valence-electron chi connectivity index (χ2n) is 3.98. The van der Waals surface area contributed by atoms with Crippen molar-refractivity contribution in [2.45, 2.75) is 6.10 Å². The zero-order chi connectivity index (χ0) is 14.5. The van der Waals surface area contributed by atoms with Gasteiger partial charge in [0.25, 0.3) is 0 Å². The number of methoxy groups -OCH3 is 3. The van der Waals surface area contributed by atoms with E-state index in [1.165, 1.54) is 33.7 Å². The molecule has 0 spiro atoms. The van der Waals surface area contributed by atoms with Gasteiger partial charge < -0.3 is 19.3 Å². The highest BCUT2D eigenvalue weighted by atomic mass is 16.5. The Kier molecular flexibility index (Phi) is 4.37. The van der Waals surface area contributed by atoms with Gasteiger partial charge in [-0.25, -0.2) is 0 Å². The monoisotopic (exact) mass is 276 g/mol. The van der Waals surface area contributed by atoms with Crippen molar-refractivity contribution in [1.82, 2.24) is 9.97 Å². The van der Waals surface area contributed by atoms with Crippen LogP contribution >= 0.6 is 0 Å². The molecule has 6 nitrogen and oxygen atoms in total. The molecule has 0 aliphatic heterocycles. The Morgan fingerprint density at radius 2 is 1.60 bits per heavy atom. The number of hydrogen-bond acceptors (Lipinski definition) is 6. The van der Waals surface area contributed by atoms with Crippen LogP contribution in [0.4, 0.5) is 0 Å². The van der Waals surface area contributed by atoms with Gasteiger partial charge in [-0.15, -0.1) is 0 Å². The maximum Gasteiger partial charge on any atom is 0.164 e. The lowest BCUT2D eigenvalue weighted by Crippen LogP contribution is -2.06. The van der Waals surface area contributed by atoms with Gasteiger partial charge in [0.05, 0.1) is 33.2 Å². The average Bonchev–Trinajstić information content (AvgIpc) is 2.53. The Hall–Kier alpha value is -2.34. The number of aliphatic hydroxyl groups is 1. The molecule has 0 saturated carbocycles. The second kappa shape index (κ2) is 6.21. The maximum absolute atomic E-state index is 10.4. The Balaban J connectivity index is 2.49. The highest BCUT2D eigenvalue weighted by Gasteiger charge is 2.20. The van der Waals surface area contributed by atoms with Crippen LogP contribution in [0.15, 0.2) is 30.7 Å². The minimum absolute atomic E-state index is 0.429.